The summed E-state index contributed by atoms with van der Waals surface area (Å²) < 4.78 is 15.6. The van der Waals surface area contributed by atoms with Crippen LogP contribution in [0.15, 0.2) is 18.2 Å². The third kappa shape index (κ3) is 3.22. The Hall–Kier alpha value is -1.13. The van der Waals surface area contributed by atoms with Gasteiger partial charge < -0.3 is 9.47 Å². The highest BCUT2D eigenvalue weighted by molar-refractivity contribution is 6.16. The summed E-state index contributed by atoms with van der Waals surface area (Å²) in [6, 6.07) is 4.74. The van der Waals surface area contributed by atoms with Crippen LogP contribution >= 0.6 is 11.6 Å². The lowest BCUT2D eigenvalue weighted by molar-refractivity contribution is 0.208. The molecule has 1 fully saturated rings. The van der Waals surface area contributed by atoms with E-state index in [1.54, 1.807) is 12.1 Å². The Bertz CT molecular complexity index is 617. The van der Waals surface area contributed by atoms with Gasteiger partial charge in [0.15, 0.2) is 0 Å². The molecule has 2 aromatic rings. The number of imidazole rings is 1. The summed E-state index contributed by atoms with van der Waals surface area (Å²) in [4.78, 5) is 6.88. The Morgan fingerprint density at radius 1 is 1.33 bits per heavy atom. The third-order valence-electron chi connectivity index (χ3n) is 4.51. The summed E-state index contributed by atoms with van der Waals surface area (Å²) in [5.41, 5.74) is 1.69. The van der Waals surface area contributed by atoms with Crippen molar-refractivity contribution < 1.29 is 4.39 Å². The van der Waals surface area contributed by atoms with Crippen molar-refractivity contribution in [3.05, 3.63) is 29.8 Å². The fourth-order valence-corrected chi connectivity index (χ4v) is 3.36. The predicted molar refractivity (Wildman–Crippen MR) is 84.1 cm³/mol. The van der Waals surface area contributed by atoms with Gasteiger partial charge in [-0.15, -0.1) is 11.6 Å². The van der Waals surface area contributed by atoms with E-state index in [-0.39, 0.29) is 5.82 Å². The van der Waals surface area contributed by atoms with Crippen LogP contribution in [0.3, 0.4) is 0 Å². The van der Waals surface area contributed by atoms with Crippen LogP contribution in [0.2, 0.25) is 0 Å². The van der Waals surface area contributed by atoms with Crippen molar-refractivity contribution in [1.82, 2.24) is 14.5 Å². The maximum atomic E-state index is 13.5. The zero-order valence-corrected chi connectivity index (χ0v) is 13.1. The molecule has 114 valence electrons. The molecule has 0 N–H and O–H groups in total. The van der Waals surface area contributed by atoms with Gasteiger partial charge in [-0.25, -0.2) is 9.37 Å². The van der Waals surface area contributed by atoms with Crippen molar-refractivity contribution >= 4 is 22.6 Å². The number of likely N-dealkylation sites (tertiary alicyclic amines) is 1. The molecule has 1 aliphatic rings. The molecular formula is C16H21ClFN3. The lowest BCUT2D eigenvalue weighted by atomic mass is 9.94. The highest BCUT2D eigenvalue weighted by atomic mass is 35.5. The molecule has 0 unspecified atom stereocenters. The Kier molecular flexibility index (Phi) is 4.45. The molecule has 3 rings (SSSR count). The van der Waals surface area contributed by atoms with Crippen LogP contribution in [0.4, 0.5) is 4.39 Å². The number of halogens is 2. The lowest BCUT2D eigenvalue weighted by Crippen LogP contribution is -2.30. The van der Waals surface area contributed by atoms with Gasteiger partial charge >= 0.3 is 0 Å². The zero-order valence-electron chi connectivity index (χ0n) is 12.4. The highest BCUT2D eigenvalue weighted by Gasteiger charge is 2.18. The van der Waals surface area contributed by atoms with E-state index in [2.05, 4.69) is 21.5 Å². The van der Waals surface area contributed by atoms with E-state index in [1.807, 2.05) is 0 Å². The van der Waals surface area contributed by atoms with Gasteiger partial charge in [0, 0.05) is 6.54 Å². The van der Waals surface area contributed by atoms with Crippen LogP contribution in [0, 0.1) is 11.7 Å². The van der Waals surface area contributed by atoms with Gasteiger partial charge in [-0.1, -0.05) is 0 Å². The van der Waals surface area contributed by atoms with Crippen LogP contribution in [0.25, 0.3) is 11.0 Å². The van der Waals surface area contributed by atoms with Crippen molar-refractivity contribution in [1.29, 1.82) is 0 Å². The summed E-state index contributed by atoms with van der Waals surface area (Å²) in [7, 11) is 2.17. The van der Waals surface area contributed by atoms with Gasteiger partial charge in [0.1, 0.15) is 11.6 Å². The third-order valence-corrected chi connectivity index (χ3v) is 4.75. The van der Waals surface area contributed by atoms with Crippen molar-refractivity contribution in [2.75, 3.05) is 20.1 Å². The molecule has 1 saturated heterocycles. The van der Waals surface area contributed by atoms with E-state index in [9.17, 15) is 4.39 Å². The quantitative estimate of drug-likeness (QED) is 0.804. The van der Waals surface area contributed by atoms with Gasteiger partial charge in [-0.3, -0.25) is 0 Å². The number of nitrogens with zero attached hydrogens (tertiary/aromatic N) is 3. The number of aryl methyl sites for hydroxylation is 1. The van der Waals surface area contributed by atoms with Gasteiger partial charge in [0.05, 0.1) is 16.9 Å². The largest absolute Gasteiger partial charge is 0.327 e. The molecule has 1 aromatic heterocycles. The topological polar surface area (TPSA) is 21.1 Å². The number of hydrogen-bond acceptors (Lipinski definition) is 2. The number of alkyl halides is 1. The standard InChI is InChI=1S/C16H21ClFN3/c1-20-7-4-12(5-8-20)6-9-21-15-10-13(18)2-3-14(15)19-16(21)11-17/h2-3,10,12H,4-9,11H2,1H3. The van der Waals surface area contributed by atoms with Crippen molar-refractivity contribution in [2.24, 2.45) is 5.92 Å². The number of aromatic nitrogens is 2. The monoisotopic (exact) mass is 309 g/mol. The van der Waals surface area contributed by atoms with Crippen molar-refractivity contribution in [3.63, 3.8) is 0 Å². The fourth-order valence-electron chi connectivity index (χ4n) is 3.16. The van der Waals surface area contributed by atoms with Crippen LogP contribution in [0.5, 0.6) is 0 Å². The Balaban J connectivity index is 1.77. The van der Waals surface area contributed by atoms with Gasteiger partial charge in [-0.05, 0) is 63.5 Å². The number of rotatable bonds is 4. The Labute approximate surface area is 129 Å². The molecule has 5 heteroatoms. The lowest BCUT2D eigenvalue weighted by Gasteiger charge is -2.29. The van der Waals surface area contributed by atoms with Gasteiger partial charge in [0.25, 0.3) is 0 Å². The van der Waals surface area contributed by atoms with Crippen LogP contribution in [0.1, 0.15) is 25.1 Å². The molecule has 21 heavy (non-hydrogen) atoms. The first-order valence-corrected chi connectivity index (χ1v) is 8.10. The summed E-state index contributed by atoms with van der Waals surface area (Å²) >= 11 is 6.00. The van der Waals surface area contributed by atoms with E-state index < -0.39 is 0 Å². The molecule has 2 heterocycles. The number of benzene rings is 1. The van der Waals surface area contributed by atoms with Gasteiger partial charge in [-0.2, -0.15) is 0 Å². The molecule has 0 saturated carbocycles. The summed E-state index contributed by atoms with van der Waals surface area (Å²) in [6.07, 6.45) is 3.60. The summed E-state index contributed by atoms with van der Waals surface area (Å²) in [5.74, 6) is 1.73. The molecule has 1 aliphatic heterocycles. The predicted octanol–water partition coefficient (Wildman–Crippen LogP) is 3.65. The SMILES string of the molecule is CN1CCC(CCn2c(CCl)nc3ccc(F)cc32)CC1. The van der Waals surface area contributed by atoms with E-state index in [0.29, 0.717) is 5.88 Å². The second kappa shape index (κ2) is 6.32. The smallest absolute Gasteiger partial charge is 0.125 e. The number of fused-ring (bicyclic) bond motifs is 1. The first-order chi connectivity index (χ1) is 10.2. The normalized spacial score (nSPS) is 17.7. The second-order valence-electron chi connectivity index (χ2n) is 5.98. The fraction of sp³-hybridized carbons (Fsp3) is 0.562. The van der Waals surface area contributed by atoms with E-state index in [4.69, 9.17) is 11.6 Å². The van der Waals surface area contributed by atoms with Crippen LogP contribution in [-0.2, 0) is 12.4 Å². The maximum absolute atomic E-state index is 13.5. The van der Waals surface area contributed by atoms with Crippen LogP contribution < -0.4 is 0 Å². The summed E-state index contributed by atoms with van der Waals surface area (Å²) in [6.45, 7) is 3.22. The average molecular weight is 310 g/mol. The number of piperidine rings is 1. The van der Waals surface area contributed by atoms with E-state index in [1.165, 1.54) is 32.0 Å². The molecule has 0 atom stereocenters. The van der Waals surface area contributed by atoms with E-state index in [0.717, 1.165) is 35.7 Å². The first-order valence-electron chi connectivity index (χ1n) is 7.56. The van der Waals surface area contributed by atoms with Crippen LogP contribution in [-0.4, -0.2) is 34.6 Å². The molecular weight excluding hydrogens is 289 g/mol. The molecule has 0 spiro atoms. The minimum absolute atomic E-state index is 0.218. The number of hydrogen-bond donors (Lipinski definition) is 0. The molecule has 3 nitrogen and oxygen atoms in total. The minimum atomic E-state index is -0.218. The molecule has 1 aromatic carbocycles. The minimum Gasteiger partial charge on any atom is -0.327 e. The van der Waals surface area contributed by atoms with E-state index >= 15 is 0 Å². The second-order valence-corrected chi connectivity index (χ2v) is 6.25. The van der Waals surface area contributed by atoms with Gasteiger partial charge in [0.2, 0.25) is 0 Å². The Morgan fingerprint density at radius 3 is 2.81 bits per heavy atom. The highest BCUT2D eigenvalue weighted by Crippen LogP contribution is 2.24. The maximum Gasteiger partial charge on any atom is 0.125 e. The zero-order chi connectivity index (χ0) is 14.8. The molecule has 0 aliphatic carbocycles. The van der Waals surface area contributed by atoms with Crippen molar-refractivity contribution in [2.45, 2.75) is 31.7 Å². The molecule has 0 bridgehead atoms. The molecule has 0 radical (unpaired) electrons. The van der Waals surface area contributed by atoms with Crippen molar-refractivity contribution in [3.8, 4) is 0 Å². The Morgan fingerprint density at radius 2 is 2.10 bits per heavy atom. The average Bonchev–Trinajstić information content (AvgIpc) is 2.84. The summed E-state index contributed by atoms with van der Waals surface area (Å²) in [5, 5.41) is 0. The molecule has 0 amide bonds. The first kappa shape index (κ1) is 14.8.